The number of halogens is 1. The maximum atomic E-state index is 12.6. The lowest BCUT2D eigenvalue weighted by atomic mass is 10.1. The quantitative estimate of drug-likeness (QED) is 0.180. The molecule has 1 heterocycles. The van der Waals surface area contributed by atoms with Gasteiger partial charge in [0.05, 0.1) is 21.4 Å². The molecule has 1 fully saturated rings. The highest BCUT2D eigenvalue weighted by atomic mass is 79.9. The van der Waals surface area contributed by atoms with Crippen molar-refractivity contribution in [3.05, 3.63) is 67.0 Å². The predicted molar refractivity (Wildman–Crippen MR) is 127 cm³/mol. The van der Waals surface area contributed by atoms with Crippen LogP contribution in [-0.2, 0) is 16.1 Å². The minimum absolute atomic E-state index is 0.0198. The van der Waals surface area contributed by atoms with Gasteiger partial charge in [0.1, 0.15) is 6.61 Å². The molecular weight excluding hydrogens is 516 g/mol. The summed E-state index contributed by atoms with van der Waals surface area (Å²) in [5, 5.41) is 10.7. The smallest absolute Gasteiger partial charge is 0.293 e. The SMILES string of the molecule is COCCCN1C(=O)S/C(=C/c2cc(Br)c(OCc3cccc([N+](=O)[O-])c3)c(OC)c2)C1=O. The first kappa shape index (κ1) is 24.7. The number of ether oxygens (including phenoxy) is 3. The van der Waals surface area contributed by atoms with E-state index in [-0.39, 0.29) is 23.4 Å². The number of non-ortho nitro benzene ring substituents is 1. The number of benzene rings is 2. The lowest BCUT2D eigenvalue weighted by Crippen LogP contribution is -2.29. The van der Waals surface area contributed by atoms with Crippen LogP contribution < -0.4 is 9.47 Å². The van der Waals surface area contributed by atoms with Crippen LogP contribution in [0.3, 0.4) is 0 Å². The summed E-state index contributed by atoms with van der Waals surface area (Å²) >= 11 is 4.34. The molecule has 0 aromatic heterocycles. The monoisotopic (exact) mass is 536 g/mol. The molecule has 1 aliphatic heterocycles. The number of nitrogens with zero attached hydrogens (tertiary/aromatic N) is 2. The number of hydrogen-bond acceptors (Lipinski definition) is 8. The van der Waals surface area contributed by atoms with Crippen molar-refractivity contribution in [3.8, 4) is 11.5 Å². The van der Waals surface area contributed by atoms with Gasteiger partial charge in [0.15, 0.2) is 11.5 Å². The number of carbonyl (C=O) groups excluding carboxylic acids is 2. The van der Waals surface area contributed by atoms with Crippen molar-refractivity contribution >= 4 is 50.6 Å². The average molecular weight is 537 g/mol. The fourth-order valence-electron chi connectivity index (χ4n) is 3.09. The second-order valence-corrected chi connectivity index (χ2v) is 8.78. The van der Waals surface area contributed by atoms with Gasteiger partial charge in [-0.1, -0.05) is 12.1 Å². The molecule has 2 aromatic rings. The van der Waals surface area contributed by atoms with Gasteiger partial charge in [-0.3, -0.25) is 24.6 Å². The van der Waals surface area contributed by atoms with Crippen LogP contribution in [0.4, 0.5) is 10.5 Å². The van der Waals surface area contributed by atoms with Crippen molar-refractivity contribution in [2.45, 2.75) is 13.0 Å². The molecule has 0 radical (unpaired) electrons. The third-order valence-corrected chi connectivity index (χ3v) is 6.15. The molecule has 174 valence electrons. The number of hydrogen-bond donors (Lipinski definition) is 0. The van der Waals surface area contributed by atoms with Crippen LogP contribution in [-0.4, -0.2) is 48.3 Å². The van der Waals surface area contributed by atoms with E-state index in [0.717, 1.165) is 11.8 Å². The van der Waals surface area contributed by atoms with Crippen molar-refractivity contribution in [2.75, 3.05) is 27.4 Å². The number of rotatable bonds is 10. The van der Waals surface area contributed by atoms with Crippen LogP contribution in [0, 0.1) is 10.1 Å². The maximum Gasteiger partial charge on any atom is 0.293 e. The molecule has 0 aliphatic carbocycles. The second kappa shape index (κ2) is 11.3. The Morgan fingerprint density at radius 1 is 1.21 bits per heavy atom. The summed E-state index contributed by atoms with van der Waals surface area (Å²) in [4.78, 5) is 36.8. The summed E-state index contributed by atoms with van der Waals surface area (Å²) in [6, 6.07) is 9.60. The molecule has 2 aromatic carbocycles. The van der Waals surface area contributed by atoms with E-state index < -0.39 is 4.92 Å². The van der Waals surface area contributed by atoms with Crippen molar-refractivity contribution in [1.82, 2.24) is 4.90 Å². The molecule has 3 rings (SSSR count). The Morgan fingerprint density at radius 2 is 2.00 bits per heavy atom. The van der Waals surface area contributed by atoms with Crippen molar-refractivity contribution < 1.29 is 28.7 Å². The highest BCUT2D eigenvalue weighted by molar-refractivity contribution is 9.10. The van der Waals surface area contributed by atoms with Gasteiger partial charge in [-0.15, -0.1) is 0 Å². The standard InChI is InChI=1S/C22H21BrN2O7S/c1-30-8-4-7-24-21(26)19(33-22(24)27)12-15-10-17(23)20(18(11-15)31-2)32-13-14-5-3-6-16(9-14)25(28)29/h3,5-6,9-12H,4,7-8,13H2,1-2H3/b19-12+. The van der Waals surface area contributed by atoms with Crippen LogP contribution >= 0.6 is 27.7 Å². The molecule has 0 unspecified atom stereocenters. The summed E-state index contributed by atoms with van der Waals surface area (Å²) < 4.78 is 16.8. The number of carbonyl (C=O) groups is 2. The molecule has 0 spiro atoms. The van der Waals surface area contributed by atoms with E-state index in [1.165, 1.54) is 24.1 Å². The molecule has 11 heteroatoms. The average Bonchev–Trinajstić information content (AvgIpc) is 3.05. The zero-order chi connectivity index (χ0) is 24.0. The minimum Gasteiger partial charge on any atom is -0.493 e. The summed E-state index contributed by atoms with van der Waals surface area (Å²) in [7, 11) is 3.05. The highest BCUT2D eigenvalue weighted by Crippen LogP contribution is 2.39. The van der Waals surface area contributed by atoms with E-state index in [9.17, 15) is 19.7 Å². The summed E-state index contributed by atoms with van der Waals surface area (Å²) in [5.74, 6) is 0.469. The van der Waals surface area contributed by atoms with Crippen LogP contribution in [0.25, 0.3) is 6.08 Å². The number of thioether (sulfide) groups is 1. The Hall–Kier alpha value is -2.89. The molecule has 2 amide bonds. The van der Waals surface area contributed by atoms with Gasteiger partial charge >= 0.3 is 0 Å². The third-order valence-electron chi connectivity index (χ3n) is 4.66. The Bertz CT molecular complexity index is 1110. The van der Waals surface area contributed by atoms with Crippen LogP contribution in [0.2, 0.25) is 0 Å². The summed E-state index contributed by atoms with van der Waals surface area (Å²) in [6.45, 7) is 0.854. The zero-order valence-corrected chi connectivity index (χ0v) is 20.3. The van der Waals surface area contributed by atoms with E-state index in [1.807, 2.05) is 0 Å². The number of methoxy groups -OCH3 is 2. The lowest BCUT2D eigenvalue weighted by molar-refractivity contribution is -0.384. The molecule has 33 heavy (non-hydrogen) atoms. The first-order valence-electron chi connectivity index (χ1n) is 9.82. The Balaban J connectivity index is 1.78. The van der Waals surface area contributed by atoms with Gasteiger partial charge in [-0.05, 0) is 63.4 Å². The van der Waals surface area contributed by atoms with Gasteiger partial charge in [0.25, 0.3) is 16.8 Å². The molecule has 1 aliphatic rings. The largest absolute Gasteiger partial charge is 0.493 e. The van der Waals surface area contributed by atoms with Crippen molar-refractivity contribution in [2.24, 2.45) is 0 Å². The Morgan fingerprint density at radius 3 is 2.70 bits per heavy atom. The van der Waals surface area contributed by atoms with Gasteiger partial charge in [-0.25, -0.2) is 0 Å². The molecule has 9 nitrogen and oxygen atoms in total. The first-order chi connectivity index (χ1) is 15.8. The van der Waals surface area contributed by atoms with E-state index >= 15 is 0 Å². The molecule has 0 N–H and O–H groups in total. The number of nitro groups is 1. The van der Waals surface area contributed by atoms with Crippen LogP contribution in [0.5, 0.6) is 11.5 Å². The highest BCUT2D eigenvalue weighted by Gasteiger charge is 2.34. The van der Waals surface area contributed by atoms with E-state index in [4.69, 9.17) is 14.2 Å². The fraction of sp³-hybridized carbons (Fsp3) is 0.273. The van der Waals surface area contributed by atoms with Gasteiger partial charge < -0.3 is 14.2 Å². The maximum absolute atomic E-state index is 12.6. The number of nitro benzene ring substituents is 1. The summed E-state index contributed by atoms with van der Waals surface area (Å²) in [6.07, 6.45) is 2.19. The van der Waals surface area contributed by atoms with E-state index in [2.05, 4.69) is 15.9 Å². The van der Waals surface area contributed by atoms with Gasteiger partial charge in [-0.2, -0.15) is 0 Å². The van der Waals surface area contributed by atoms with Gasteiger partial charge in [0, 0.05) is 32.4 Å². The predicted octanol–water partition coefficient (Wildman–Crippen LogP) is 5.02. The number of amides is 2. The van der Waals surface area contributed by atoms with E-state index in [1.54, 1.807) is 37.5 Å². The van der Waals surface area contributed by atoms with Gasteiger partial charge in [0.2, 0.25) is 0 Å². The van der Waals surface area contributed by atoms with E-state index in [0.29, 0.717) is 51.6 Å². The zero-order valence-electron chi connectivity index (χ0n) is 17.9. The minimum atomic E-state index is -0.464. The molecule has 0 bridgehead atoms. The van der Waals surface area contributed by atoms with Crippen molar-refractivity contribution in [3.63, 3.8) is 0 Å². The molecular formula is C22H21BrN2O7S. The molecule has 0 atom stereocenters. The molecule has 1 saturated heterocycles. The third kappa shape index (κ3) is 6.12. The topological polar surface area (TPSA) is 108 Å². The van der Waals surface area contributed by atoms with Crippen molar-refractivity contribution in [1.29, 1.82) is 0 Å². The Labute approximate surface area is 203 Å². The fourth-order valence-corrected chi connectivity index (χ4v) is 4.53. The number of imide groups is 1. The molecule has 0 saturated carbocycles. The summed E-state index contributed by atoms with van der Waals surface area (Å²) in [5.41, 5.74) is 1.25. The van der Waals surface area contributed by atoms with Crippen LogP contribution in [0.1, 0.15) is 17.5 Å². The lowest BCUT2D eigenvalue weighted by Gasteiger charge is -2.14. The Kier molecular flexibility index (Phi) is 8.48. The normalized spacial score (nSPS) is 14.8. The second-order valence-electron chi connectivity index (χ2n) is 6.93. The van der Waals surface area contributed by atoms with Crippen LogP contribution in [0.15, 0.2) is 45.8 Å². The first-order valence-corrected chi connectivity index (χ1v) is 11.4.